The zero-order valence-electron chi connectivity index (χ0n) is 13.2. The van der Waals surface area contributed by atoms with Gasteiger partial charge in [0, 0.05) is 36.6 Å². The molecule has 3 heteroatoms. The van der Waals surface area contributed by atoms with Gasteiger partial charge in [-0.1, -0.05) is 6.92 Å². The van der Waals surface area contributed by atoms with Crippen molar-refractivity contribution in [3.63, 3.8) is 0 Å². The van der Waals surface area contributed by atoms with E-state index in [1.165, 1.54) is 5.56 Å². The van der Waals surface area contributed by atoms with Crippen LogP contribution >= 0.6 is 0 Å². The maximum Gasteiger partial charge on any atom is 0.124 e. The molecule has 3 nitrogen and oxygen atoms in total. The summed E-state index contributed by atoms with van der Waals surface area (Å²) in [6.07, 6.45) is 8.38. The average Bonchev–Trinajstić information content (AvgIpc) is 2.82. The minimum absolute atomic E-state index is 0.252. The van der Waals surface area contributed by atoms with Gasteiger partial charge < -0.3 is 14.8 Å². The summed E-state index contributed by atoms with van der Waals surface area (Å²) in [4.78, 5) is 0. The lowest BCUT2D eigenvalue weighted by Crippen LogP contribution is -2.27. The molecule has 114 valence electrons. The predicted octanol–water partition coefficient (Wildman–Crippen LogP) is 3.30. The lowest BCUT2D eigenvalue weighted by molar-refractivity contribution is 0.254. The third-order valence-corrected chi connectivity index (χ3v) is 3.82. The largest absolute Gasteiger partial charge is 0.494 e. The summed E-state index contributed by atoms with van der Waals surface area (Å²) >= 11 is 0. The fraction of sp³-hybridized carbons (Fsp3) is 0.556. The SMILES string of the molecule is C#CCC(CC)NCc1cc2c(cc1OCC)CC(C)O2. The molecule has 0 bridgehead atoms. The predicted molar refractivity (Wildman–Crippen MR) is 85.8 cm³/mol. The minimum atomic E-state index is 0.252. The monoisotopic (exact) mass is 287 g/mol. The molecule has 0 spiro atoms. The zero-order valence-corrected chi connectivity index (χ0v) is 13.2. The van der Waals surface area contributed by atoms with Gasteiger partial charge in [0.05, 0.1) is 6.61 Å². The van der Waals surface area contributed by atoms with Crippen LogP contribution in [0.5, 0.6) is 11.5 Å². The molecule has 1 aliphatic heterocycles. The standard InChI is InChI=1S/C18H25NO2/c1-5-8-16(6-2)19-12-15-11-18-14(9-13(4)21-18)10-17(15)20-7-3/h1,10-11,13,16,19H,6-9,12H2,2-4H3. The first-order chi connectivity index (χ1) is 10.2. The van der Waals surface area contributed by atoms with Gasteiger partial charge in [0.2, 0.25) is 0 Å². The van der Waals surface area contributed by atoms with E-state index in [9.17, 15) is 0 Å². The van der Waals surface area contributed by atoms with Crippen molar-refractivity contribution < 1.29 is 9.47 Å². The Kier molecular flexibility index (Phi) is 5.52. The van der Waals surface area contributed by atoms with Gasteiger partial charge in [0.15, 0.2) is 0 Å². The molecule has 0 saturated heterocycles. The Bertz CT molecular complexity index is 519. The van der Waals surface area contributed by atoms with Crippen LogP contribution < -0.4 is 14.8 Å². The number of terminal acetylenes is 1. The smallest absolute Gasteiger partial charge is 0.124 e. The van der Waals surface area contributed by atoms with Crippen molar-refractivity contribution in [1.82, 2.24) is 5.32 Å². The first kappa shape index (κ1) is 15.7. The maximum absolute atomic E-state index is 5.85. The highest BCUT2D eigenvalue weighted by Crippen LogP contribution is 2.35. The molecule has 0 amide bonds. The van der Waals surface area contributed by atoms with E-state index in [1.807, 2.05) is 6.92 Å². The first-order valence-corrected chi connectivity index (χ1v) is 7.80. The number of fused-ring (bicyclic) bond motifs is 1. The molecule has 1 aromatic carbocycles. The Morgan fingerprint density at radius 2 is 2.29 bits per heavy atom. The first-order valence-electron chi connectivity index (χ1n) is 7.80. The molecule has 0 radical (unpaired) electrons. The Morgan fingerprint density at radius 1 is 1.48 bits per heavy atom. The van der Waals surface area contributed by atoms with Crippen molar-refractivity contribution in [2.24, 2.45) is 0 Å². The molecule has 0 fully saturated rings. The highest BCUT2D eigenvalue weighted by Gasteiger charge is 2.22. The van der Waals surface area contributed by atoms with E-state index >= 15 is 0 Å². The zero-order chi connectivity index (χ0) is 15.2. The van der Waals surface area contributed by atoms with Crippen LogP contribution in [0.4, 0.5) is 0 Å². The molecule has 2 rings (SSSR count). The summed E-state index contributed by atoms with van der Waals surface area (Å²) in [5.74, 6) is 4.67. The second-order valence-electron chi connectivity index (χ2n) is 5.53. The molecular weight excluding hydrogens is 262 g/mol. The molecule has 1 heterocycles. The van der Waals surface area contributed by atoms with Gasteiger partial charge >= 0.3 is 0 Å². The van der Waals surface area contributed by atoms with E-state index in [0.717, 1.165) is 42.9 Å². The van der Waals surface area contributed by atoms with Gasteiger partial charge in [-0.15, -0.1) is 12.3 Å². The summed E-state index contributed by atoms with van der Waals surface area (Å²) in [5, 5.41) is 3.51. The number of hydrogen-bond donors (Lipinski definition) is 1. The second kappa shape index (κ2) is 7.38. The van der Waals surface area contributed by atoms with Crippen LogP contribution in [0.15, 0.2) is 12.1 Å². The molecule has 0 aliphatic carbocycles. The highest BCUT2D eigenvalue weighted by atomic mass is 16.5. The van der Waals surface area contributed by atoms with Gasteiger partial charge in [0.1, 0.15) is 17.6 Å². The molecule has 0 aromatic heterocycles. The fourth-order valence-corrected chi connectivity index (χ4v) is 2.67. The lowest BCUT2D eigenvalue weighted by atomic mass is 10.1. The number of ether oxygens (including phenoxy) is 2. The van der Waals surface area contributed by atoms with E-state index in [2.05, 4.69) is 37.2 Å². The molecule has 2 unspecified atom stereocenters. The summed E-state index contributed by atoms with van der Waals surface area (Å²) in [5.41, 5.74) is 2.38. The number of hydrogen-bond acceptors (Lipinski definition) is 3. The van der Waals surface area contributed by atoms with Crippen LogP contribution in [-0.2, 0) is 13.0 Å². The topological polar surface area (TPSA) is 30.5 Å². The van der Waals surface area contributed by atoms with Crippen molar-refractivity contribution in [2.45, 2.75) is 58.7 Å². The third-order valence-electron chi connectivity index (χ3n) is 3.82. The molecule has 21 heavy (non-hydrogen) atoms. The van der Waals surface area contributed by atoms with Crippen LogP contribution in [0.3, 0.4) is 0 Å². The average molecular weight is 287 g/mol. The fourth-order valence-electron chi connectivity index (χ4n) is 2.67. The van der Waals surface area contributed by atoms with Crippen molar-refractivity contribution in [2.75, 3.05) is 6.61 Å². The van der Waals surface area contributed by atoms with Gasteiger partial charge in [-0.05, 0) is 32.4 Å². The van der Waals surface area contributed by atoms with Crippen LogP contribution in [0.2, 0.25) is 0 Å². The van der Waals surface area contributed by atoms with E-state index in [0.29, 0.717) is 12.6 Å². The molecule has 1 aromatic rings. The van der Waals surface area contributed by atoms with Crippen molar-refractivity contribution >= 4 is 0 Å². The van der Waals surface area contributed by atoms with Gasteiger partial charge in [-0.25, -0.2) is 0 Å². The summed E-state index contributed by atoms with van der Waals surface area (Å²) in [7, 11) is 0. The van der Waals surface area contributed by atoms with E-state index in [4.69, 9.17) is 15.9 Å². The van der Waals surface area contributed by atoms with Crippen LogP contribution in [0.1, 0.15) is 44.7 Å². The third kappa shape index (κ3) is 3.92. The quantitative estimate of drug-likeness (QED) is 0.781. The number of benzene rings is 1. The van der Waals surface area contributed by atoms with Crippen molar-refractivity contribution in [3.05, 3.63) is 23.3 Å². The van der Waals surface area contributed by atoms with Gasteiger partial charge in [-0.3, -0.25) is 0 Å². The molecule has 1 N–H and O–H groups in total. The summed E-state index contributed by atoms with van der Waals surface area (Å²) < 4.78 is 11.6. The maximum atomic E-state index is 5.85. The Labute approximate surface area is 128 Å². The minimum Gasteiger partial charge on any atom is -0.494 e. The van der Waals surface area contributed by atoms with Crippen LogP contribution in [0.25, 0.3) is 0 Å². The van der Waals surface area contributed by atoms with Crippen molar-refractivity contribution in [1.29, 1.82) is 0 Å². The Hall–Kier alpha value is -1.66. The number of rotatable bonds is 7. The van der Waals surface area contributed by atoms with Crippen molar-refractivity contribution in [3.8, 4) is 23.8 Å². The van der Waals surface area contributed by atoms with E-state index < -0.39 is 0 Å². The summed E-state index contributed by atoms with van der Waals surface area (Å²) in [6.45, 7) is 7.67. The van der Waals surface area contributed by atoms with Crippen LogP contribution in [-0.4, -0.2) is 18.8 Å². The Balaban J connectivity index is 2.14. The lowest BCUT2D eigenvalue weighted by Gasteiger charge is -2.17. The van der Waals surface area contributed by atoms with Crippen LogP contribution in [0, 0.1) is 12.3 Å². The molecule has 1 aliphatic rings. The normalized spacial score (nSPS) is 17.7. The molecule has 0 saturated carbocycles. The summed E-state index contributed by atoms with van der Waals surface area (Å²) in [6, 6.07) is 4.58. The highest BCUT2D eigenvalue weighted by molar-refractivity contribution is 5.48. The van der Waals surface area contributed by atoms with Gasteiger partial charge in [-0.2, -0.15) is 0 Å². The number of nitrogens with one attached hydrogen (secondary N) is 1. The second-order valence-corrected chi connectivity index (χ2v) is 5.53. The van der Waals surface area contributed by atoms with Gasteiger partial charge in [0.25, 0.3) is 0 Å². The Morgan fingerprint density at radius 3 is 2.95 bits per heavy atom. The molecule has 2 atom stereocenters. The molecular formula is C18H25NO2. The van der Waals surface area contributed by atoms with E-state index in [-0.39, 0.29) is 6.10 Å². The van der Waals surface area contributed by atoms with E-state index in [1.54, 1.807) is 0 Å².